The quantitative estimate of drug-likeness (QED) is 0.408. The minimum Gasteiger partial charge on any atom is -0.475 e. The molecule has 0 amide bonds. The summed E-state index contributed by atoms with van der Waals surface area (Å²) in [6.45, 7) is 5.27. The van der Waals surface area contributed by atoms with Gasteiger partial charge in [-0.1, -0.05) is 30.3 Å². The van der Waals surface area contributed by atoms with Crippen LogP contribution in [0.5, 0.6) is 0 Å². The highest BCUT2D eigenvalue weighted by Gasteiger charge is 2.38. The van der Waals surface area contributed by atoms with Gasteiger partial charge in [0.2, 0.25) is 10.0 Å². The molecular weight excluding hydrogens is 516 g/mol. The molecule has 0 radical (unpaired) electrons. The highest BCUT2D eigenvalue weighted by atomic mass is 32.2. The number of alkyl halides is 3. The highest BCUT2D eigenvalue weighted by Crippen LogP contribution is 2.33. The van der Waals surface area contributed by atoms with E-state index in [0.29, 0.717) is 16.8 Å². The third-order valence-electron chi connectivity index (χ3n) is 4.47. The lowest BCUT2D eigenvalue weighted by molar-refractivity contribution is -0.192. The lowest BCUT2D eigenvalue weighted by atomic mass is 9.98. The van der Waals surface area contributed by atoms with E-state index in [1.807, 2.05) is 6.07 Å². The van der Waals surface area contributed by atoms with E-state index >= 15 is 0 Å². The first-order valence-corrected chi connectivity index (χ1v) is 11.8. The van der Waals surface area contributed by atoms with Crippen LogP contribution >= 0.6 is 0 Å². The molecule has 0 atom stereocenters. The van der Waals surface area contributed by atoms with Crippen molar-refractivity contribution in [3.63, 3.8) is 0 Å². The Labute approximate surface area is 210 Å². The van der Waals surface area contributed by atoms with Crippen molar-refractivity contribution in [2.45, 2.75) is 37.4 Å². The van der Waals surface area contributed by atoms with Crippen LogP contribution in [0, 0.1) is 17.1 Å². The first-order valence-electron chi connectivity index (χ1n) is 10.4. The Bertz CT molecular complexity index is 1440. The van der Waals surface area contributed by atoms with Gasteiger partial charge in [0.25, 0.3) is 0 Å². The summed E-state index contributed by atoms with van der Waals surface area (Å²) in [4.78, 5) is 13.3. The number of carbonyl (C=O) groups is 1. The molecule has 0 aliphatic rings. The number of nitriles is 1. The Morgan fingerprint density at radius 3 is 2.05 bits per heavy atom. The van der Waals surface area contributed by atoms with Crippen LogP contribution in [0.2, 0.25) is 0 Å². The number of nitrogens with one attached hydrogen (secondary N) is 1. The van der Waals surface area contributed by atoms with Gasteiger partial charge in [0, 0.05) is 22.2 Å². The molecule has 3 rings (SSSR count). The van der Waals surface area contributed by atoms with Crippen LogP contribution in [0.1, 0.15) is 26.3 Å². The lowest BCUT2D eigenvalue weighted by Gasteiger charge is -2.20. The summed E-state index contributed by atoms with van der Waals surface area (Å²) in [6.07, 6.45) is -5.08. The smallest absolute Gasteiger partial charge is 0.475 e. The van der Waals surface area contributed by atoms with Gasteiger partial charge in [-0.2, -0.15) is 18.4 Å². The fourth-order valence-corrected chi connectivity index (χ4v) is 4.41. The van der Waals surface area contributed by atoms with Crippen LogP contribution in [0.4, 0.5) is 23.4 Å². The molecule has 4 N–H and O–H groups in total. The molecule has 0 aliphatic carbocycles. The van der Waals surface area contributed by atoms with E-state index < -0.39 is 33.5 Å². The Balaban J connectivity index is 0.000000604. The largest absolute Gasteiger partial charge is 0.490 e. The molecule has 37 heavy (non-hydrogen) atoms. The molecular formula is C24H22F4N4O4S. The average Bonchev–Trinajstić information content (AvgIpc) is 2.77. The Hall–Kier alpha value is -4.02. The van der Waals surface area contributed by atoms with Crippen molar-refractivity contribution in [2.24, 2.45) is 0 Å². The first-order chi connectivity index (χ1) is 17.0. The molecule has 0 bridgehead atoms. The van der Waals surface area contributed by atoms with Gasteiger partial charge in [-0.05, 0) is 45.0 Å². The van der Waals surface area contributed by atoms with E-state index in [2.05, 4.69) is 9.71 Å². The summed E-state index contributed by atoms with van der Waals surface area (Å²) in [5, 5.41) is 16.6. The number of pyridine rings is 1. The van der Waals surface area contributed by atoms with Crippen LogP contribution in [0.3, 0.4) is 0 Å². The van der Waals surface area contributed by atoms with E-state index in [1.165, 1.54) is 18.2 Å². The molecule has 13 heteroatoms. The first kappa shape index (κ1) is 29.2. The van der Waals surface area contributed by atoms with E-state index in [0.717, 1.165) is 0 Å². The van der Waals surface area contributed by atoms with E-state index in [4.69, 9.17) is 15.6 Å². The summed E-state index contributed by atoms with van der Waals surface area (Å²) >= 11 is 0. The number of aliphatic carboxylic acids is 1. The van der Waals surface area contributed by atoms with E-state index in [9.17, 15) is 31.2 Å². The van der Waals surface area contributed by atoms with Crippen LogP contribution in [-0.4, -0.2) is 36.2 Å². The van der Waals surface area contributed by atoms with E-state index in [-0.39, 0.29) is 21.8 Å². The second-order valence-corrected chi connectivity index (χ2v) is 10.3. The van der Waals surface area contributed by atoms with Gasteiger partial charge in [0.15, 0.2) is 0 Å². The van der Waals surface area contributed by atoms with Gasteiger partial charge in [-0.3, -0.25) is 0 Å². The maximum Gasteiger partial charge on any atom is 0.490 e. The van der Waals surface area contributed by atoms with Crippen molar-refractivity contribution >= 4 is 21.8 Å². The van der Waals surface area contributed by atoms with Gasteiger partial charge in [-0.15, -0.1) is 0 Å². The minimum atomic E-state index is -5.08. The molecule has 196 valence electrons. The number of carboxylic acid groups (broad SMARTS) is 1. The zero-order chi connectivity index (χ0) is 28.2. The number of hydrogen-bond donors (Lipinski definition) is 3. The Morgan fingerprint density at radius 2 is 1.59 bits per heavy atom. The third kappa shape index (κ3) is 7.73. The number of carboxylic acids is 1. The van der Waals surface area contributed by atoms with Crippen molar-refractivity contribution < 1.29 is 35.9 Å². The van der Waals surface area contributed by atoms with Gasteiger partial charge >= 0.3 is 12.1 Å². The molecule has 8 nitrogen and oxygen atoms in total. The monoisotopic (exact) mass is 538 g/mol. The van der Waals surface area contributed by atoms with Crippen molar-refractivity contribution in [1.82, 2.24) is 9.71 Å². The molecule has 0 unspecified atom stereocenters. The second kappa shape index (κ2) is 10.9. The highest BCUT2D eigenvalue weighted by molar-refractivity contribution is 7.89. The molecule has 0 spiro atoms. The number of sulfonamides is 1. The summed E-state index contributed by atoms with van der Waals surface area (Å²) in [5.41, 5.74) is 6.97. The summed E-state index contributed by atoms with van der Waals surface area (Å²) in [7, 11) is -3.68. The maximum atomic E-state index is 14.3. The Morgan fingerprint density at radius 1 is 1.05 bits per heavy atom. The number of halogens is 4. The number of nitrogens with zero attached hydrogens (tertiary/aromatic N) is 2. The zero-order valence-corrected chi connectivity index (χ0v) is 20.6. The number of nitrogens with two attached hydrogens (primary N) is 1. The number of anilines is 1. The van der Waals surface area contributed by atoms with Gasteiger partial charge < -0.3 is 10.8 Å². The van der Waals surface area contributed by atoms with Crippen LogP contribution in [0.15, 0.2) is 59.5 Å². The van der Waals surface area contributed by atoms with Crippen LogP contribution in [0.25, 0.3) is 22.4 Å². The predicted molar refractivity (Wildman–Crippen MR) is 128 cm³/mol. The fraction of sp³-hybridized carbons (Fsp3) is 0.208. The third-order valence-corrected chi connectivity index (χ3v) is 6.24. The summed E-state index contributed by atoms with van der Waals surface area (Å²) in [6, 6.07) is 15.7. The van der Waals surface area contributed by atoms with Gasteiger partial charge in [0.1, 0.15) is 23.3 Å². The molecule has 2 aromatic carbocycles. The topological polar surface area (TPSA) is 146 Å². The normalized spacial score (nSPS) is 11.7. The van der Waals surface area contributed by atoms with Crippen molar-refractivity contribution in [2.75, 3.05) is 5.73 Å². The fourth-order valence-electron chi connectivity index (χ4n) is 2.99. The Kier molecular flexibility index (Phi) is 8.63. The molecule has 0 aliphatic heterocycles. The SMILES string of the molecule is CC(C)(C)NS(=O)(=O)c1ccc(-c2cc(-c3ccccc3F)c(C#N)c(N)n2)cc1.O=C(O)C(F)(F)F. The average molecular weight is 539 g/mol. The number of hydrogen-bond acceptors (Lipinski definition) is 6. The lowest BCUT2D eigenvalue weighted by Crippen LogP contribution is -2.40. The zero-order valence-electron chi connectivity index (χ0n) is 19.8. The molecule has 3 aromatic rings. The number of rotatable bonds is 4. The molecule has 0 fully saturated rings. The van der Waals surface area contributed by atoms with Crippen molar-refractivity contribution in [1.29, 1.82) is 5.26 Å². The van der Waals surface area contributed by atoms with Crippen molar-refractivity contribution in [3.8, 4) is 28.5 Å². The number of benzene rings is 2. The van der Waals surface area contributed by atoms with Crippen LogP contribution < -0.4 is 10.5 Å². The second-order valence-electron chi connectivity index (χ2n) is 8.59. The minimum absolute atomic E-state index is 0.0284. The molecule has 1 aromatic heterocycles. The molecule has 1 heterocycles. The number of aromatic nitrogens is 1. The summed E-state index contributed by atoms with van der Waals surface area (Å²) < 4.78 is 73.6. The van der Waals surface area contributed by atoms with Gasteiger partial charge in [0.05, 0.1) is 10.6 Å². The summed E-state index contributed by atoms with van der Waals surface area (Å²) in [5.74, 6) is -3.27. The standard InChI is InChI=1S/C22H21FN4O2S.C2HF3O2/c1-22(2,3)27-30(28,29)15-10-8-14(9-11-15)20-12-17(18(13-24)21(25)26-20)16-6-4-5-7-19(16)23;3-2(4,5)1(6)7/h4-12,27H,1-3H3,(H2,25,26);(H,6,7). The predicted octanol–water partition coefficient (Wildman–Crippen LogP) is 4.72. The van der Waals surface area contributed by atoms with Gasteiger partial charge in [-0.25, -0.2) is 27.3 Å². The van der Waals surface area contributed by atoms with Crippen molar-refractivity contribution in [3.05, 3.63) is 66.0 Å². The van der Waals surface area contributed by atoms with E-state index in [1.54, 1.807) is 57.2 Å². The molecule has 0 saturated carbocycles. The maximum absolute atomic E-state index is 14.3. The molecule has 0 saturated heterocycles. The number of nitrogen functional groups attached to an aromatic ring is 1. The van der Waals surface area contributed by atoms with Crippen LogP contribution in [-0.2, 0) is 14.8 Å².